The second-order valence-corrected chi connectivity index (χ2v) is 8.25. The molecule has 1 saturated carbocycles. The van der Waals surface area contributed by atoms with Crippen LogP contribution in [0.2, 0.25) is 0 Å². The molecule has 1 aliphatic heterocycles. The number of carbonyl (C=O) groups is 2. The fraction of sp³-hybridized carbons (Fsp3) is 0.348. The van der Waals surface area contributed by atoms with E-state index in [1.165, 1.54) is 5.56 Å². The monoisotopic (exact) mass is 388 g/mol. The van der Waals surface area contributed by atoms with E-state index in [9.17, 15) is 9.59 Å². The van der Waals surface area contributed by atoms with Gasteiger partial charge >= 0.3 is 0 Å². The fourth-order valence-corrected chi connectivity index (χ4v) is 4.07. The number of benzene rings is 2. The minimum Gasteiger partial charge on any atom is -0.326 e. The Bertz CT molecular complexity index is 1100. The van der Waals surface area contributed by atoms with Crippen LogP contribution in [0, 0.1) is 0 Å². The molecular formula is C23H24N4O2. The average molecular weight is 388 g/mol. The second-order valence-electron chi connectivity index (χ2n) is 8.25. The Labute approximate surface area is 169 Å². The standard InChI is InChI=1S/C23H24N4O2/c1-14(2)15-7-9-16(10-8-15)24-21(28)13-20-22(29)26(17-11-12-17)23-25-18-5-3-4-6-19(18)27(20)23/h3-10,14,17,20H,11-13H2,1-2H3,(H,24,28)/t20-/m0/s1. The minimum atomic E-state index is -0.548. The summed E-state index contributed by atoms with van der Waals surface area (Å²) in [6, 6.07) is 15.3. The first kappa shape index (κ1) is 17.9. The predicted octanol–water partition coefficient (Wildman–Crippen LogP) is 4.24. The summed E-state index contributed by atoms with van der Waals surface area (Å²) in [5.41, 5.74) is 3.73. The molecule has 0 bridgehead atoms. The molecule has 0 radical (unpaired) electrons. The predicted molar refractivity (Wildman–Crippen MR) is 113 cm³/mol. The lowest BCUT2D eigenvalue weighted by atomic mass is 10.0. The molecule has 3 aromatic rings. The Hall–Kier alpha value is -3.15. The van der Waals surface area contributed by atoms with Crippen molar-refractivity contribution in [1.82, 2.24) is 9.55 Å². The third-order valence-electron chi connectivity index (χ3n) is 5.78. The van der Waals surface area contributed by atoms with Crippen LogP contribution in [-0.4, -0.2) is 27.4 Å². The number of nitrogens with one attached hydrogen (secondary N) is 1. The SMILES string of the molecule is CC(C)c1ccc(NC(=O)C[C@H]2C(=O)N(C3CC3)c3nc4ccccc4n32)cc1. The molecule has 2 aliphatic rings. The highest BCUT2D eigenvalue weighted by atomic mass is 16.2. The number of hydrogen-bond acceptors (Lipinski definition) is 3. The van der Waals surface area contributed by atoms with Gasteiger partial charge in [-0.2, -0.15) is 0 Å². The van der Waals surface area contributed by atoms with E-state index in [0.29, 0.717) is 11.9 Å². The first-order chi connectivity index (χ1) is 14.0. The number of rotatable bonds is 5. The number of para-hydroxylation sites is 2. The molecule has 2 heterocycles. The van der Waals surface area contributed by atoms with E-state index in [1.54, 1.807) is 4.90 Å². The van der Waals surface area contributed by atoms with Crippen molar-refractivity contribution >= 4 is 34.5 Å². The lowest BCUT2D eigenvalue weighted by Gasteiger charge is -2.15. The zero-order chi connectivity index (χ0) is 20.1. The number of amides is 2. The molecule has 148 valence electrons. The van der Waals surface area contributed by atoms with Crippen molar-refractivity contribution in [1.29, 1.82) is 0 Å². The normalized spacial score (nSPS) is 18.5. The Morgan fingerprint density at radius 2 is 1.86 bits per heavy atom. The van der Waals surface area contributed by atoms with Gasteiger partial charge in [0.05, 0.1) is 17.5 Å². The Balaban J connectivity index is 1.41. The van der Waals surface area contributed by atoms with Gasteiger partial charge in [-0.05, 0) is 48.6 Å². The maximum Gasteiger partial charge on any atom is 0.253 e. The van der Waals surface area contributed by atoms with Gasteiger partial charge in [0.25, 0.3) is 5.91 Å². The van der Waals surface area contributed by atoms with Crippen molar-refractivity contribution in [3.63, 3.8) is 0 Å². The van der Waals surface area contributed by atoms with Gasteiger partial charge < -0.3 is 5.32 Å². The molecule has 1 atom stereocenters. The Kier molecular flexibility index (Phi) is 4.15. The lowest BCUT2D eigenvalue weighted by molar-refractivity contribution is -0.124. The molecule has 2 aromatic carbocycles. The van der Waals surface area contributed by atoms with Crippen molar-refractivity contribution in [3.8, 4) is 0 Å². The number of imidazole rings is 1. The molecule has 6 nitrogen and oxygen atoms in total. The molecule has 0 saturated heterocycles. The quantitative estimate of drug-likeness (QED) is 0.711. The number of hydrogen-bond donors (Lipinski definition) is 1. The largest absolute Gasteiger partial charge is 0.326 e. The van der Waals surface area contributed by atoms with E-state index in [1.807, 2.05) is 53.1 Å². The van der Waals surface area contributed by atoms with E-state index < -0.39 is 6.04 Å². The summed E-state index contributed by atoms with van der Waals surface area (Å²) >= 11 is 0. The van der Waals surface area contributed by atoms with E-state index in [2.05, 4.69) is 19.2 Å². The summed E-state index contributed by atoms with van der Waals surface area (Å²) in [7, 11) is 0. The molecule has 1 N–H and O–H groups in total. The van der Waals surface area contributed by atoms with Crippen LogP contribution in [0.15, 0.2) is 48.5 Å². The highest BCUT2D eigenvalue weighted by molar-refractivity contribution is 6.05. The first-order valence-electron chi connectivity index (χ1n) is 10.2. The van der Waals surface area contributed by atoms with Crippen molar-refractivity contribution < 1.29 is 9.59 Å². The van der Waals surface area contributed by atoms with Crippen molar-refractivity contribution in [2.45, 2.75) is 51.1 Å². The molecule has 1 aromatic heterocycles. The number of nitrogens with zero attached hydrogens (tertiary/aromatic N) is 3. The summed E-state index contributed by atoms with van der Waals surface area (Å²) in [4.78, 5) is 32.4. The van der Waals surface area contributed by atoms with E-state index in [0.717, 1.165) is 29.6 Å². The van der Waals surface area contributed by atoms with Gasteiger partial charge in [0.15, 0.2) is 0 Å². The molecule has 1 aliphatic carbocycles. The van der Waals surface area contributed by atoms with Crippen LogP contribution in [0.1, 0.15) is 50.6 Å². The first-order valence-corrected chi connectivity index (χ1v) is 10.2. The Morgan fingerprint density at radius 1 is 1.14 bits per heavy atom. The molecule has 5 rings (SSSR count). The van der Waals surface area contributed by atoms with Gasteiger partial charge in [-0.15, -0.1) is 0 Å². The van der Waals surface area contributed by atoms with Crippen LogP contribution in [0.3, 0.4) is 0 Å². The van der Waals surface area contributed by atoms with Crippen LogP contribution in [0.5, 0.6) is 0 Å². The van der Waals surface area contributed by atoms with Gasteiger partial charge in [0.1, 0.15) is 6.04 Å². The number of anilines is 2. The van der Waals surface area contributed by atoms with Gasteiger partial charge in [-0.25, -0.2) is 4.98 Å². The van der Waals surface area contributed by atoms with Gasteiger partial charge in [-0.1, -0.05) is 38.1 Å². The van der Waals surface area contributed by atoms with E-state index >= 15 is 0 Å². The summed E-state index contributed by atoms with van der Waals surface area (Å²) in [6.45, 7) is 4.27. The van der Waals surface area contributed by atoms with Gasteiger partial charge in [0, 0.05) is 11.7 Å². The molecule has 2 amide bonds. The zero-order valence-electron chi connectivity index (χ0n) is 16.6. The maximum atomic E-state index is 13.1. The molecule has 0 unspecified atom stereocenters. The molecule has 6 heteroatoms. The third-order valence-corrected chi connectivity index (χ3v) is 5.78. The molecule has 29 heavy (non-hydrogen) atoms. The number of fused-ring (bicyclic) bond motifs is 3. The summed E-state index contributed by atoms with van der Waals surface area (Å²) < 4.78 is 1.94. The van der Waals surface area contributed by atoms with E-state index in [4.69, 9.17) is 4.98 Å². The third kappa shape index (κ3) is 3.09. The van der Waals surface area contributed by atoms with Gasteiger partial charge in [0.2, 0.25) is 11.9 Å². The van der Waals surface area contributed by atoms with Crippen LogP contribution < -0.4 is 10.2 Å². The highest BCUT2D eigenvalue weighted by Gasteiger charge is 2.47. The van der Waals surface area contributed by atoms with Crippen LogP contribution in [0.25, 0.3) is 11.0 Å². The van der Waals surface area contributed by atoms with Crippen molar-refractivity contribution in [2.75, 3.05) is 10.2 Å². The topological polar surface area (TPSA) is 67.2 Å². The molecular weight excluding hydrogens is 364 g/mol. The summed E-state index contributed by atoms with van der Waals surface area (Å²) in [6.07, 6.45) is 2.09. The fourth-order valence-electron chi connectivity index (χ4n) is 4.07. The Morgan fingerprint density at radius 3 is 2.55 bits per heavy atom. The maximum absolute atomic E-state index is 13.1. The molecule has 0 spiro atoms. The van der Waals surface area contributed by atoms with Crippen LogP contribution >= 0.6 is 0 Å². The minimum absolute atomic E-state index is 0.0222. The van der Waals surface area contributed by atoms with Crippen molar-refractivity contribution in [2.24, 2.45) is 0 Å². The van der Waals surface area contributed by atoms with Crippen LogP contribution in [0.4, 0.5) is 11.6 Å². The summed E-state index contributed by atoms with van der Waals surface area (Å²) in [5.74, 6) is 0.933. The van der Waals surface area contributed by atoms with Gasteiger partial charge in [-0.3, -0.25) is 19.1 Å². The van der Waals surface area contributed by atoms with Crippen LogP contribution in [-0.2, 0) is 9.59 Å². The van der Waals surface area contributed by atoms with Crippen molar-refractivity contribution in [3.05, 3.63) is 54.1 Å². The molecule has 1 fully saturated rings. The zero-order valence-corrected chi connectivity index (χ0v) is 16.6. The summed E-state index contributed by atoms with van der Waals surface area (Å²) in [5, 5.41) is 2.94. The highest BCUT2D eigenvalue weighted by Crippen LogP contribution is 2.42. The lowest BCUT2D eigenvalue weighted by Crippen LogP contribution is -2.33. The smallest absolute Gasteiger partial charge is 0.253 e. The second kappa shape index (κ2) is 6.72. The van der Waals surface area contributed by atoms with E-state index in [-0.39, 0.29) is 24.3 Å². The average Bonchev–Trinajstić information content (AvgIpc) is 3.41. The number of aromatic nitrogens is 2. The number of carbonyl (C=O) groups excluding carboxylic acids is 2.